The SMILES string of the molecule is CC(C)CCCN(CCc1cccc(OC(C)(C)C(=O)OC(C)(C)C)c1)c1nc2ccccc2o1. The van der Waals surface area contributed by atoms with Crippen molar-refractivity contribution in [3.63, 3.8) is 0 Å². The first-order valence-electron chi connectivity index (χ1n) is 12.5. The van der Waals surface area contributed by atoms with E-state index in [1.165, 1.54) is 0 Å². The molecule has 0 aliphatic rings. The summed E-state index contributed by atoms with van der Waals surface area (Å²) in [6.07, 6.45) is 3.02. The number of esters is 1. The van der Waals surface area contributed by atoms with Crippen molar-refractivity contribution in [2.45, 2.75) is 78.9 Å². The van der Waals surface area contributed by atoms with E-state index >= 15 is 0 Å². The molecule has 35 heavy (non-hydrogen) atoms. The number of para-hydroxylation sites is 2. The number of carbonyl (C=O) groups excluding carboxylic acids is 1. The fourth-order valence-electron chi connectivity index (χ4n) is 3.75. The van der Waals surface area contributed by atoms with Crippen molar-refractivity contribution in [3.8, 4) is 5.75 Å². The van der Waals surface area contributed by atoms with Crippen LogP contribution in [0.1, 0.15) is 66.9 Å². The van der Waals surface area contributed by atoms with Crippen LogP contribution >= 0.6 is 0 Å². The van der Waals surface area contributed by atoms with Crippen molar-refractivity contribution in [3.05, 3.63) is 54.1 Å². The largest absolute Gasteiger partial charge is 0.476 e. The Kier molecular flexibility index (Phi) is 8.47. The van der Waals surface area contributed by atoms with Gasteiger partial charge in [-0.1, -0.05) is 38.1 Å². The number of carbonyl (C=O) groups is 1. The van der Waals surface area contributed by atoms with Gasteiger partial charge in [-0.3, -0.25) is 0 Å². The first-order valence-corrected chi connectivity index (χ1v) is 12.5. The highest BCUT2D eigenvalue weighted by atomic mass is 16.6. The molecule has 0 aliphatic heterocycles. The lowest BCUT2D eigenvalue weighted by Gasteiger charge is -2.29. The minimum Gasteiger partial charge on any atom is -0.476 e. The summed E-state index contributed by atoms with van der Waals surface area (Å²) >= 11 is 0. The molecular weight excluding hydrogens is 440 g/mol. The molecule has 0 aliphatic carbocycles. The summed E-state index contributed by atoms with van der Waals surface area (Å²) in [5, 5.41) is 0. The van der Waals surface area contributed by atoms with E-state index in [9.17, 15) is 4.79 Å². The number of rotatable bonds is 11. The molecule has 1 heterocycles. The summed E-state index contributed by atoms with van der Waals surface area (Å²) in [5.74, 6) is 0.914. The zero-order valence-corrected chi connectivity index (χ0v) is 22.3. The van der Waals surface area contributed by atoms with E-state index in [0.717, 1.165) is 49.0 Å². The van der Waals surface area contributed by atoms with E-state index in [1.807, 2.05) is 63.2 Å². The molecule has 190 valence electrons. The quantitative estimate of drug-likeness (QED) is 0.281. The fraction of sp³-hybridized carbons (Fsp3) is 0.517. The van der Waals surface area contributed by atoms with Crippen molar-refractivity contribution in [2.75, 3.05) is 18.0 Å². The number of nitrogens with zero attached hydrogens (tertiary/aromatic N) is 2. The summed E-state index contributed by atoms with van der Waals surface area (Å²) < 4.78 is 17.6. The first kappa shape index (κ1) is 26.6. The van der Waals surface area contributed by atoms with Crippen molar-refractivity contribution in [1.82, 2.24) is 4.98 Å². The van der Waals surface area contributed by atoms with Gasteiger partial charge < -0.3 is 18.8 Å². The van der Waals surface area contributed by atoms with Crippen molar-refractivity contribution in [1.29, 1.82) is 0 Å². The van der Waals surface area contributed by atoms with Crippen LogP contribution in [0.15, 0.2) is 52.9 Å². The average Bonchev–Trinajstić information content (AvgIpc) is 3.18. The lowest BCUT2D eigenvalue weighted by Crippen LogP contribution is -2.43. The first-order chi connectivity index (χ1) is 16.4. The van der Waals surface area contributed by atoms with E-state index in [4.69, 9.17) is 18.9 Å². The predicted molar refractivity (Wildman–Crippen MR) is 141 cm³/mol. The summed E-state index contributed by atoms with van der Waals surface area (Å²) in [7, 11) is 0. The highest BCUT2D eigenvalue weighted by molar-refractivity contribution is 5.79. The molecule has 0 unspecified atom stereocenters. The summed E-state index contributed by atoms with van der Waals surface area (Å²) in [4.78, 5) is 19.5. The molecule has 0 fully saturated rings. The summed E-state index contributed by atoms with van der Waals surface area (Å²) in [6, 6.07) is 16.4. The molecule has 2 aromatic carbocycles. The molecule has 0 amide bonds. The molecule has 3 rings (SSSR count). The second-order valence-electron chi connectivity index (χ2n) is 11.0. The minimum atomic E-state index is -1.09. The lowest BCUT2D eigenvalue weighted by atomic mass is 10.1. The van der Waals surface area contributed by atoms with Crippen LogP contribution < -0.4 is 9.64 Å². The maximum absolute atomic E-state index is 12.6. The number of anilines is 1. The third-order valence-electron chi connectivity index (χ3n) is 5.59. The zero-order chi connectivity index (χ0) is 25.6. The normalized spacial score (nSPS) is 12.2. The second-order valence-corrected chi connectivity index (χ2v) is 11.0. The molecule has 0 N–H and O–H groups in total. The Balaban J connectivity index is 1.70. The van der Waals surface area contributed by atoms with Crippen LogP contribution in [0.25, 0.3) is 11.1 Å². The Labute approximate surface area is 209 Å². The molecule has 0 radical (unpaired) electrons. The maximum Gasteiger partial charge on any atom is 0.350 e. The van der Waals surface area contributed by atoms with Gasteiger partial charge in [-0.05, 0) is 89.6 Å². The van der Waals surface area contributed by atoms with E-state index < -0.39 is 11.2 Å². The molecule has 0 bridgehead atoms. The summed E-state index contributed by atoms with van der Waals surface area (Å²) in [6.45, 7) is 15.2. The standard InChI is InChI=1S/C29H40N2O4/c1-21(2)12-11-18-31(27-30-24-15-8-9-16-25(24)33-27)19-17-22-13-10-14-23(20-22)34-29(6,7)26(32)35-28(3,4)5/h8-10,13-16,20-21H,11-12,17-19H2,1-7H3. The van der Waals surface area contributed by atoms with Crippen molar-refractivity contribution < 1.29 is 18.7 Å². The lowest BCUT2D eigenvalue weighted by molar-refractivity contribution is -0.170. The van der Waals surface area contributed by atoms with E-state index in [0.29, 0.717) is 17.7 Å². The van der Waals surface area contributed by atoms with Gasteiger partial charge in [0.1, 0.15) is 16.9 Å². The molecule has 6 nitrogen and oxygen atoms in total. The van der Waals surface area contributed by atoms with Gasteiger partial charge in [0, 0.05) is 13.1 Å². The van der Waals surface area contributed by atoms with Crippen LogP contribution in [0.2, 0.25) is 0 Å². The Morgan fingerprint density at radius 2 is 1.77 bits per heavy atom. The zero-order valence-electron chi connectivity index (χ0n) is 22.3. The summed E-state index contributed by atoms with van der Waals surface area (Å²) in [5.41, 5.74) is 1.13. The van der Waals surface area contributed by atoms with Crippen LogP contribution in [0.4, 0.5) is 6.01 Å². The number of fused-ring (bicyclic) bond motifs is 1. The molecule has 3 aromatic rings. The maximum atomic E-state index is 12.6. The van der Waals surface area contributed by atoms with E-state index in [-0.39, 0.29) is 5.97 Å². The monoisotopic (exact) mass is 480 g/mol. The van der Waals surface area contributed by atoms with Gasteiger partial charge in [0.25, 0.3) is 6.01 Å². The predicted octanol–water partition coefficient (Wildman–Crippen LogP) is 6.81. The molecule has 0 atom stereocenters. The van der Waals surface area contributed by atoms with Crippen molar-refractivity contribution >= 4 is 23.1 Å². The van der Waals surface area contributed by atoms with Gasteiger partial charge >= 0.3 is 5.97 Å². The fourth-order valence-corrected chi connectivity index (χ4v) is 3.75. The minimum absolute atomic E-state index is 0.386. The third kappa shape index (κ3) is 8.01. The van der Waals surface area contributed by atoms with Gasteiger partial charge in [0.2, 0.25) is 0 Å². The number of hydrogen-bond acceptors (Lipinski definition) is 6. The molecule has 1 aromatic heterocycles. The smallest absolute Gasteiger partial charge is 0.350 e. The number of ether oxygens (including phenoxy) is 2. The highest BCUT2D eigenvalue weighted by Gasteiger charge is 2.34. The number of aromatic nitrogens is 1. The molecule has 0 saturated carbocycles. The molecule has 0 saturated heterocycles. The van der Waals surface area contributed by atoms with Crippen molar-refractivity contribution in [2.24, 2.45) is 5.92 Å². The molecular formula is C29H40N2O4. The highest BCUT2D eigenvalue weighted by Crippen LogP contribution is 2.25. The Morgan fingerprint density at radius 1 is 1.03 bits per heavy atom. The third-order valence-corrected chi connectivity index (χ3v) is 5.59. The van der Waals surface area contributed by atoms with E-state index in [2.05, 4.69) is 24.8 Å². The van der Waals surface area contributed by atoms with Crippen LogP contribution in [0, 0.1) is 5.92 Å². The Morgan fingerprint density at radius 3 is 2.46 bits per heavy atom. The Bertz CT molecular complexity index is 1080. The van der Waals surface area contributed by atoms with Crippen LogP contribution in [-0.2, 0) is 16.0 Å². The van der Waals surface area contributed by atoms with Gasteiger partial charge in [0.15, 0.2) is 11.2 Å². The Hall–Kier alpha value is -3.02. The molecule has 0 spiro atoms. The number of benzene rings is 2. The number of oxazole rings is 1. The van der Waals surface area contributed by atoms with Gasteiger partial charge in [-0.2, -0.15) is 4.98 Å². The van der Waals surface area contributed by atoms with Crippen LogP contribution in [0.5, 0.6) is 5.75 Å². The van der Waals surface area contributed by atoms with E-state index in [1.54, 1.807) is 13.8 Å². The van der Waals surface area contributed by atoms with Gasteiger partial charge in [0.05, 0.1) is 0 Å². The second kappa shape index (κ2) is 11.1. The van der Waals surface area contributed by atoms with Gasteiger partial charge in [-0.25, -0.2) is 4.79 Å². The molecule has 6 heteroatoms. The topological polar surface area (TPSA) is 64.8 Å². The number of hydrogen-bond donors (Lipinski definition) is 0. The van der Waals surface area contributed by atoms with Gasteiger partial charge in [-0.15, -0.1) is 0 Å². The average molecular weight is 481 g/mol. The van der Waals surface area contributed by atoms with Crippen LogP contribution in [-0.4, -0.2) is 35.2 Å². The van der Waals surface area contributed by atoms with Crippen LogP contribution in [0.3, 0.4) is 0 Å².